The Kier molecular flexibility index (Phi) is 4.70. The number of nitrogens with one attached hydrogen (secondary N) is 2. The normalized spacial score (nSPS) is 13.4. The van der Waals surface area contributed by atoms with Crippen LogP contribution in [0.5, 0.6) is 0 Å². The molecule has 0 radical (unpaired) electrons. The van der Waals surface area contributed by atoms with Gasteiger partial charge in [0, 0.05) is 20.6 Å². The number of hydrogen-bond donors (Lipinski definition) is 2. The van der Waals surface area contributed by atoms with E-state index in [2.05, 4.69) is 30.5 Å². The van der Waals surface area contributed by atoms with Gasteiger partial charge in [0.2, 0.25) is 5.91 Å². The highest BCUT2D eigenvalue weighted by Gasteiger charge is 2.25. The number of nitrogens with zero attached hydrogens (tertiary/aromatic N) is 5. The quantitative estimate of drug-likeness (QED) is 0.692. The molecular weight excluding hydrogens is 365 g/mol. The van der Waals surface area contributed by atoms with Crippen molar-refractivity contribution in [2.75, 3.05) is 37.0 Å². The van der Waals surface area contributed by atoms with Gasteiger partial charge in [0.15, 0.2) is 17.5 Å². The smallest absolute Gasteiger partial charge is 0.245 e. The first-order valence-corrected chi connectivity index (χ1v) is 8.64. The van der Waals surface area contributed by atoms with Crippen molar-refractivity contribution in [2.24, 2.45) is 0 Å². The van der Waals surface area contributed by atoms with Crippen molar-refractivity contribution in [3.05, 3.63) is 36.0 Å². The van der Waals surface area contributed by atoms with Crippen LogP contribution in [0.1, 0.15) is 6.99 Å². The monoisotopic (exact) mass is 385 g/mol. The number of amides is 1. The van der Waals surface area contributed by atoms with Gasteiger partial charge in [-0.25, -0.2) is 19.3 Å². The second-order valence-electron chi connectivity index (χ2n) is 6.32. The van der Waals surface area contributed by atoms with Crippen LogP contribution in [0.2, 0.25) is 0 Å². The number of anilines is 2. The Morgan fingerprint density at radius 1 is 1.32 bits per heavy atom. The fraction of sp³-hybridized carbons (Fsp3) is 0.278. The molecule has 3 aromatic rings. The van der Waals surface area contributed by atoms with Crippen LogP contribution in [0, 0.1) is 12.7 Å². The Morgan fingerprint density at radius 3 is 2.89 bits per heavy atom. The van der Waals surface area contributed by atoms with Gasteiger partial charge in [0.25, 0.3) is 0 Å². The molecule has 1 amide bonds. The lowest BCUT2D eigenvalue weighted by atomic mass is 10.0. The van der Waals surface area contributed by atoms with Gasteiger partial charge in [0.05, 0.1) is 30.6 Å². The summed E-state index contributed by atoms with van der Waals surface area (Å²) >= 11 is 0. The van der Waals surface area contributed by atoms with E-state index in [-0.39, 0.29) is 13.9 Å². The number of H-pyrrole nitrogens is 1. The highest BCUT2D eigenvalue weighted by Crippen LogP contribution is 2.32. The Hall–Kier alpha value is -3.40. The molecule has 0 saturated carbocycles. The third kappa shape index (κ3) is 3.18. The van der Waals surface area contributed by atoms with E-state index in [9.17, 15) is 9.18 Å². The van der Waals surface area contributed by atoms with E-state index >= 15 is 0 Å². The molecule has 1 aliphatic rings. The predicted octanol–water partition coefficient (Wildman–Crippen LogP) is 2.03. The van der Waals surface area contributed by atoms with Crippen LogP contribution in [0.15, 0.2) is 24.7 Å². The van der Waals surface area contributed by atoms with E-state index in [4.69, 9.17) is 4.74 Å². The number of hydrogen-bond acceptors (Lipinski definition) is 7. The first kappa shape index (κ1) is 18.0. The highest BCUT2D eigenvalue weighted by molar-refractivity contribution is 5.99. The lowest BCUT2D eigenvalue weighted by Crippen LogP contribution is -2.41. The maximum absolute atomic E-state index is 14.9. The molecule has 10 heteroatoms. The zero-order chi connectivity index (χ0) is 19.7. The van der Waals surface area contributed by atoms with Gasteiger partial charge < -0.3 is 15.0 Å². The van der Waals surface area contributed by atoms with Crippen LogP contribution in [0.4, 0.5) is 16.0 Å². The topological polar surface area (TPSA) is 109 Å². The van der Waals surface area contributed by atoms with E-state index in [1.807, 2.05) is 0 Å². The number of aromatic nitrogens is 5. The number of benzene rings is 1. The minimum Gasteiger partial charge on any atom is -0.383 e. The molecule has 0 saturated heterocycles. The molecule has 0 bridgehead atoms. The van der Waals surface area contributed by atoms with Crippen molar-refractivity contribution in [3.8, 4) is 22.6 Å². The predicted molar refractivity (Wildman–Crippen MR) is 102 cm³/mol. The first-order chi connectivity index (χ1) is 13.6. The molecule has 0 aliphatic carbocycles. The third-order valence-corrected chi connectivity index (χ3v) is 4.54. The third-order valence-electron chi connectivity index (χ3n) is 4.54. The second kappa shape index (κ2) is 7.31. The number of halogens is 1. The summed E-state index contributed by atoms with van der Waals surface area (Å²) in [6.45, 7) is 2.77. The maximum atomic E-state index is 14.9. The van der Waals surface area contributed by atoms with Gasteiger partial charge in [-0.3, -0.25) is 9.89 Å². The molecular formula is C18H20FN7O2. The molecule has 1 aliphatic heterocycles. The minimum atomic E-state index is -0.404. The summed E-state index contributed by atoms with van der Waals surface area (Å²) in [7, 11) is 1.59. The zero-order valence-electron chi connectivity index (χ0n) is 15.4. The summed E-state index contributed by atoms with van der Waals surface area (Å²) in [4.78, 5) is 26.6. The maximum Gasteiger partial charge on any atom is 0.245 e. The van der Waals surface area contributed by atoms with E-state index < -0.39 is 5.82 Å². The largest absolute Gasteiger partial charge is 0.383 e. The van der Waals surface area contributed by atoms with E-state index in [0.29, 0.717) is 53.0 Å². The zero-order valence-corrected chi connectivity index (χ0v) is 15.4. The van der Waals surface area contributed by atoms with Crippen LogP contribution in [0.25, 0.3) is 22.6 Å². The number of aromatic amines is 1. The molecule has 4 rings (SSSR count). The van der Waals surface area contributed by atoms with Crippen LogP contribution < -0.4 is 10.2 Å². The Balaban J connectivity index is 0.00000240. The Morgan fingerprint density at radius 2 is 2.14 bits per heavy atom. The van der Waals surface area contributed by atoms with Crippen LogP contribution in [-0.4, -0.2) is 57.9 Å². The molecule has 9 nitrogen and oxygen atoms in total. The number of carbonyl (C=O) groups excluding carboxylic acids is 1. The number of carbonyl (C=O) groups is 1. The average molecular weight is 385 g/mol. The molecule has 28 heavy (non-hydrogen) atoms. The van der Waals surface area contributed by atoms with Gasteiger partial charge in [-0.05, 0) is 18.6 Å². The van der Waals surface area contributed by atoms with Crippen molar-refractivity contribution in [1.29, 1.82) is 0 Å². The number of ether oxygens (including phenoxy) is 1. The molecule has 0 fully saturated rings. The fourth-order valence-electron chi connectivity index (χ4n) is 3.10. The average Bonchev–Trinajstić information content (AvgIpc) is 3.22. The van der Waals surface area contributed by atoms with Crippen LogP contribution in [0.3, 0.4) is 0 Å². The summed E-state index contributed by atoms with van der Waals surface area (Å²) in [6, 6.07) is 3.40. The van der Waals surface area contributed by atoms with Gasteiger partial charge >= 0.3 is 0 Å². The molecule has 0 unspecified atom stereocenters. The van der Waals surface area contributed by atoms with Crippen molar-refractivity contribution < 1.29 is 15.3 Å². The number of methoxy groups -OCH3 is 1. The van der Waals surface area contributed by atoms with Crippen molar-refractivity contribution in [3.63, 3.8) is 0 Å². The second-order valence-corrected chi connectivity index (χ2v) is 6.32. The Labute approximate surface area is 161 Å². The van der Waals surface area contributed by atoms with Gasteiger partial charge in [-0.1, -0.05) is 6.07 Å². The summed E-state index contributed by atoms with van der Waals surface area (Å²) in [5.41, 5.74) is 1.88. The molecule has 1 aromatic carbocycles. The highest BCUT2D eigenvalue weighted by atomic mass is 19.1. The SMILES string of the molecule is COCCN1CC(=O)Nc2ncc(-c3ccc(-c4ncn[nH]4)c(F)c3C)nc21.[HH]. The summed E-state index contributed by atoms with van der Waals surface area (Å²) in [5, 5.41) is 9.14. The summed E-state index contributed by atoms with van der Waals surface area (Å²) in [6.07, 6.45) is 2.85. The first-order valence-electron chi connectivity index (χ1n) is 8.64. The molecule has 2 aromatic heterocycles. The number of rotatable bonds is 5. The number of fused-ring (bicyclic) bond motifs is 1. The Bertz CT molecular complexity index is 1030. The standard InChI is InChI=1S/C18H18FN7O2.H2/c1-10-11(3-4-12(15(10)19)16-21-9-22-25-16)13-7-20-17-18(23-13)26(5-6-28-2)8-14(27)24-17;/h3-4,7,9H,5-6,8H2,1-2H3,(H,20,24,27)(H,21,22,25);1H. The van der Waals surface area contributed by atoms with Crippen molar-refractivity contribution in [2.45, 2.75) is 6.92 Å². The van der Waals surface area contributed by atoms with Crippen molar-refractivity contribution >= 4 is 17.5 Å². The van der Waals surface area contributed by atoms with E-state index in [1.54, 1.807) is 31.1 Å². The van der Waals surface area contributed by atoms with Gasteiger partial charge in [-0.2, -0.15) is 5.10 Å². The lowest BCUT2D eigenvalue weighted by molar-refractivity contribution is -0.115. The van der Waals surface area contributed by atoms with Crippen LogP contribution >= 0.6 is 0 Å². The summed E-state index contributed by atoms with van der Waals surface area (Å²) < 4.78 is 20.0. The molecule has 2 N–H and O–H groups in total. The molecule has 3 heterocycles. The van der Waals surface area contributed by atoms with E-state index in [0.717, 1.165) is 0 Å². The lowest BCUT2D eigenvalue weighted by Gasteiger charge is -2.29. The fourth-order valence-corrected chi connectivity index (χ4v) is 3.10. The van der Waals surface area contributed by atoms with Gasteiger partial charge in [-0.15, -0.1) is 0 Å². The van der Waals surface area contributed by atoms with E-state index in [1.165, 1.54) is 12.5 Å². The minimum absolute atomic E-state index is 0. The molecule has 0 atom stereocenters. The molecule has 0 spiro atoms. The van der Waals surface area contributed by atoms with Gasteiger partial charge in [0.1, 0.15) is 12.1 Å². The van der Waals surface area contributed by atoms with Crippen LogP contribution in [-0.2, 0) is 9.53 Å². The molecule has 146 valence electrons. The summed E-state index contributed by atoms with van der Waals surface area (Å²) in [5.74, 6) is 0.709. The van der Waals surface area contributed by atoms with Crippen molar-refractivity contribution in [1.82, 2.24) is 25.1 Å².